The maximum Gasteiger partial charge on any atom is 0.124 e. The van der Waals surface area contributed by atoms with E-state index in [0.717, 1.165) is 10.5 Å². The van der Waals surface area contributed by atoms with Crippen LogP contribution in [-0.4, -0.2) is 4.98 Å². The SMILES string of the molecule is Cc1ccc2c(c1)C(C)(C)C1(C)C=C(c3nc4ccccc4s3)C=CC21. The summed E-state index contributed by atoms with van der Waals surface area (Å²) in [5.41, 5.74) is 6.84. The Morgan fingerprint density at radius 2 is 1.85 bits per heavy atom. The number of hydrogen-bond donors (Lipinski definition) is 0. The van der Waals surface area contributed by atoms with E-state index in [1.54, 1.807) is 11.3 Å². The van der Waals surface area contributed by atoms with E-state index in [1.165, 1.54) is 27.0 Å². The Balaban J connectivity index is 1.67. The summed E-state index contributed by atoms with van der Waals surface area (Å²) in [6, 6.07) is 15.4. The molecule has 130 valence electrons. The van der Waals surface area contributed by atoms with E-state index in [0.29, 0.717) is 5.92 Å². The molecule has 0 aliphatic heterocycles. The van der Waals surface area contributed by atoms with Crippen LogP contribution in [0.15, 0.2) is 60.7 Å². The third kappa shape index (κ3) is 1.99. The number of fused-ring (bicyclic) bond motifs is 4. The Morgan fingerprint density at radius 3 is 2.65 bits per heavy atom. The molecule has 1 heterocycles. The van der Waals surface area contributed by atoms with E-state index >= 15 is 0 Å². The molecule has 2 aliphatic rings. The van der Waals surface area contributed by atoms with Crippen molar-refractivity contribution < 1.29 is 0 Å². The van der Waals surface area contributed by atoms with Crippen molar-refractivity contribution in [1.82, 2.24) is 4.98 Å². The van der Waals surface area contributed by atoms with Crippen molar-refractivity contribution in [3.8, 4) is 0 Å². The Labute approximate surface area is 159 Å². The summed E-state index contributed by atoms with van der Waals surface area (Å²) < 4.78 is 1.26. The van der Waals surface area contributed by atoms with Crippen LogP contribution in [0.5, 0.6) is 0 Å². The summed E-state index contributed by atoms with van der Waals surface area (Å²) in [6.45, 7) is 9.41. The molecule has 0 N–H and O–H groups in total. The van der Waals surface area contributed by atoms with E-state index in [4.69, 9.17) is 4.98 Å². The number of para-hydroxylation sites is 1. The van der Waals surface area contributed by atoms with Gasteiger partial charge in [-0.15, -0.1) is 11.3 Å². The molecule has 26 heavy (non-hydrogen) atoms. The van der Waals surface area contributed by atoms with Crippen molar-refractivity contribution in [1.29, 1.82) is 0 Å². The van der Waals surface area contributed by atoms with Crippen molar-refractivity contribution in [2.45, 2.75) is 39.0 Å². The number of benzene rings is 2. The smallest absolute Gasteiger partial charge is 0.124 e. The van der Waals surface area contributed by atoms with Crippen molar-refractivity contribution in [3.63, 3.8) is 0 Å². The van der Waals surface area contributed by atoms with Gasteiger partial charge in [0.25, 0.3) is 0 Å². The van der Waals surface area contributed by atoms with Gasteiger partial charge in [-0.25, -0.2) is 4.98 Å². The fourth-order valence-corrected chi connectivity index (χ4v) is 5.72. The molecule has 0 saturated heterocycles. The van der Waals surface area contributed by atoms with Crippen LogP contribution in [0.25, 0.3) is 15.8 Å². The van der Waals surface area contributed by atoms with Crippen LogP contribution in [0.2, 0.25) is 0 Å². The van der Waals surface area contributed by atoms with Crippen LogP contribution in [0.1, 0.15) is 48.4 Å². The number of thiazole rings is 1. The van der Waals surface area contributed by atoms with Crippen LogP contribution in [0.3, 0.4) is 0 Å². The van der Waals surface area contributed by atoms with Gasteiger partial charge in [0.15, 0.2) is 0 Å². The molecule has 1 aromatic heterocycles. The van der Waals surface area contributed by atoms with E-state index < -0.39 is 0 Å². The topological polar surface area (TPSA) is 12.9 Å². The Bertz CT molecular complexity index is 1070. The minimum Gasteiger partial charge on any atom is -0.236 e. The van der Waals surface area contributed by atoms with Crippen molar-refractivity contribution >= 4 is 27.1 Å². The quantitative estimate of drug-likeness (QED) is 0.476. The lowest BCUT2D eigenvalue weighted by molar-refractivity contribution is 0.246. The average molecular weight is 358 g/mol. The molecule has 3 aromatic rings. The minimum atomic E-state index is 0.0606. The van der Waals surface area contributed by atoms with E-state index in [2.05, 4.69) is 88.4 Å². The Hall–Kier alpha value is -2.19. The monoisotopic (exact) mass is 357 g/mol. The second-order valence-corrected chi connectivity index (χ2v) is 9.45. The number of rotatable bonds is 1. The number of nitrogens with zero attached hydrogens (tertiary/aromatic N) is 1. The number of aromatic nitrogens is 1. The molecule has 0 spiro atoms. The second-order valence-electron chi connectivity index (χ2n) is 8.42. The van der Waals surface area contributed by atoms with Gasteiger partial charge in [-0.1, -0.05) is 74.9 Å². The highest BCUT2D eigenvalue weighted by Crippen LogP contribution is 2.62. The normalized spacial score (nSPS) is 25.8. The van der Waals surface area contributed by atoms with Crippen molar-refractivity contribution in [3.05, 3.63) is 82.4 Å². The first-order chi connectivity index (χ1) is 12.4. The largest absolute Gasteiger partial charge is 0.236 e. The predicted octanol–water partition coefficient (Wildman–Crippen LogP) is 6.64. The molecule has 2 aliphatic carbocycles. The summed E-state index contributed by atoms with van der Waals surface area (Å²) in [4.78, 5) is 4.89. The van der Waals surface area contributed by atoms with Gasteiger partial charge in [0.1, 0.15) is 5.01 Å². The molecule has 2 heteroatoms. The molecular formula is C24H23NS. The number of hydrogen-bond acceptors (Lipinski definition) is 2. The maximum absolute atomic E-state index is 4.89. The highest BCUT2D eigenvalue weighted by atomic mass is 32.1. The van der Waals surface area contributed by atoms with Gasteiger partial charge >= 0.3 is 0 Å². The zero-order chi connectivity index (χ0) is 18.1. The summed E-state index contributed by atoms with van der Waals surface area (Å²) >= 11 is 1.79. The van der Waals surface area contributed by atoms with Crippen LogP contribution >= 0.6 is 11.3 Å². The van der Waals surface area contributed by atoms with Gasteiger partial charge in [0.2, 0.25) is 0 Å². The fourth-order valence-electron chi connectivity index (χ4n) is 4.76. The Kier molecular flexibility index (Phi) is 3.19. The summed E-state index contributed by atoms with van der Waals surface area (Å²) in [5, 5.41) is 1.13. The molecule has 1 nitrogen and oxygen atoms in total. The van der Waals surface area contributed by atoms with Crippen LogP contribution in [0.4, 0.5) is 0 Å². The maximum atomic E-state index is 4.89. The molecule has 5 rings (SSSR count). The first-order valence-corrected chi connectivity index (χ1v) is 10.1. The zero-order valence-electron chi connectivity index (χ0n) is 15.7. The predicted molar refractivity (Wildman–Crippen MR) is 112 cm³/mol. The van der Waals surface area contributed by atoms with Crippen molar-refractivity contribution in [2.75, 3.05) is 0 Å². The van der Waals surface area contributed by atoms with Gasteiger partial charge in [-0.3, -0.25) is 0 Å². The lowest BCUT2D eigenvalue weighted by Crippen LogP contribution is -2.36. The molecule has 2 aromatic carbocycles. The van der Waals surface area contributed by atoms with Crippen molar-refractivity contribution in [2.24, 2.45) is 5.41 Å². The molecule has 0 fully saturated rings. The summed E-state index contributed by atoms with van der Waals surface area (Å²) in [5.74, 6) is 0.436. The van der Waals surface area contributed by atoms with E-state index in [-0.39, 0.29) is 10.8 Å². The highest BCUT2D eigenvalue weighted by molar-refractivity contribution is 7.19. The molecule has 0 amide bonds. The third-order valence-corrected chi connectivity index (χ3v) is 7.76. The lowest BCUT2D eigenvalue weighted by Gasteiger charge is -2.42. The fraction of sp³-hybridized carbons (Fsp3) is 0.292. The van der Waals surface area contributed by atoms with Gasteiger partial charge in [-0.05, 0) is 35.6 Å². The lowest BCUT2D eigenvalue weighted by atomic mass is 9.61. The summed E-state index contributed by atoms with van der Waals surface area (Å²) in [6.07, 6.45) is 7.18. The number of allylic oxidation sites excluding steroid dienone is 4. The molecule has 0 radical (unpaired) electrons. The van der Waals surface area contributed by atoms with Gasteiger partial charge in [0, 0.05) is 16.9 Å². The first kappa shape index (κ1) is 16.0. The van der Waals surface area contributed by atoms with Crippen LogP contribution in [-0.2, 0) is 5.41 Å². The molecule has 2 unspecified atom stereocenters. The zero-order valence-corrected chi connectivity index (χ0v) is 16.5. The van der Waals surface area contributed by atoms with E-state index in [1.807, 2.05) is 0 Å². The molecular weight excluding hydrogens is 334 g/mol. The van der Waals surface area contributed by atoms with Gasteiger partial charge < -0.3 is 0 Å². The van der Waals surface area contributed by atoms with Crippen LogP contribution < -0.4 is 0 Å². The molecule has 0 saturated carbocycles. The molecule has 0 bridgehead atoms. The highest BCUT2D eigenvalue weighted by Gasteiger charge is 2.54. The van der Waals surface area contributed by atoms with Gasteiger partial charge in [-0.2, -0.15) is 0 Å². The van der Waals surface area contributed by atoms with E-state index in [9.17, 15) is 0 Å². The standard InChI is InChI=1S/C24H23NS/c1-15-9-11-17-18-12-10-16(14-24(18,4)23(2,3)19(17)13-15)22-25-20-7-5-6-8-21(20)26-22/h5-14,18H,1-4H3. The average Bonchev–Trinajstić information content (AvgIpc) is 3.12. The second kappa shape index (κ2) is 5.17. The first-order valence-electron chi connectivity index (χ1n) is 9.28. The third-order valence-electron chi connectivity index (χ3n) is 6.67. The number of aryl methyl sites for hydroxylation is 1. The Morgan fingerprint density at radius 1 is 1.04 bits per heavy atom. The van der Waals surface area contributed by atoms with Crippen LogP contribution in [0, 0.1) is 12.3 Å². The summed E-state index contributed by atoms with van der Waals surface area (Å²) in [7, 11) is 0. The minimum absolute atomic E-state index is 0.0606. The molecule has 2 atom stereocenters. The van der Waals surface area contributed by atoms with Gasteiger partial charge in [0.05, 0.1) is 10.2 Å².